The third kappa shape index (κ3) is 3.30. The number of hydrogen-bond acceptors (Lipinski definition) is 3. The van der Waals surface area contributed by atoms with Crippen molar-refractivity contribution in [1.82, 2.24) is 14.7 Å². The molecule has 0 radical (unpaired) electrons. The fourth-order valence-corrected chi connectivity index (χ4v) is 3.20. The largest absolute Gasteiger partial charge is 0.334 e. The molecule has 7 heteroatoms. The SMILES string of the molecule is Cc1cc(C)n(-c2ccc(C(=O)N3CCCC3CN)cc2F)n1.Cl. The topological polar surface area (TPSA) is 64.2 Å². The Morgan fingerprint density at radius 2 is 2.12 bits per heavy atom. The van der Waals surface area contributed by atoms with E-state index < -0.39 is 5.82 Å². The Labute approximate surface area is 147 Å². The van der Waals surface area contributed by atoms with E-state index in [4.69, 9.17) is 5.73 Å². The number of carbonyl (C=O) groups excluding carboxylic acids is 1. The van der Waals surface area contributed by atoms with Crippen molar-refractivity contribution in [1.29, 1.82) is 0 Å². The lowest BCUT2D eigenvalue weighted by Gasteiger charge is -2.23. The van der Waals surface area contributed by atoms with Crippen LogP contribution in [0.5, 0.6) is 0 Å². The van der Waals surface area contributed by atoms with E-state index in [0.29, 0.717) is 24.3 Å². The third-order valence-electron chi connectivity index (χ3n) is 4.34. The van der Waals surface area contributed by atoms with Crippen LogP contribution >= 0.6 is 12.4 Å². The molecule has 1 atom stereocenters. The predicted octanol–water partition coefficient (Wildman–Crippen LogP) is 2.61. The molecule has 0 spiro atoms. The minimum absolute atomic E-state index is 0. The number of likely N-dealkylation sites (tertiary alicyclic amines) is 1. The Morgan fingerprint density at radius 3 is 2.71 bits per heavy atom. The summed E-state index contributed by atoms with van der Waals surface area (Å²) in [5.41, 5.74) is 8.09. The molecule has 2 aromatic rings. The summed E-state index contributed by atoms with van der Waals surface area (Å²) in [6.45, 7) is 4.85. The molecule has 2 N–H and O–H groups in total. The number of aryl methyl sites for hydroxylation is 2. The zero-order chi connectivity index (χ0) is 16.6. The molecule has 1 fully saturated rings. The predicted molar refractivity (Wildman–Crippen MR) is 93.4 cm³/mol. The number of benzene rings is 1. The second kappa shape index (κ2) is 7.32. The maximum atomic E-state index is 14.5. The average molecular weight is 353 g/mol. The molecule has 1 aliphatic rings. The second-order valence-corrected chi connectivity index (χ2v) is 6.04. The van der Waals surface area contributed by atoms with E-state index in [1.54, 1.807) is 21.7 Å². The average Bonchev–Trinajstić information content (AvgIpc) is 3.12. The number of carbonyl (C=O) groups is 1. The summed E-state index contributed by atoms with van der Waals surface area (Å²) in [4.78, 5) is 14.3. The fourth-order valence-electron chi connectivity index (χ4n) is 3.20. The summed E-state index contributed by atoms with van der Waals surface area (Å²) in [6.07, 6.45) is 1.86. The highest BCUT2D eigenvalue weighted by molar-refractivity contribution is 5.94. The Balaban J connectivity index is 0.00000208. The molecule has 1 aromatic carbocycles. The van der Waals surface area contributed by atoms with Crippen LogP contribution in [0, 0.1) is 19.7 Å². The van der Waals surface area contributed by atoms with E-state index >= 15 is 0 Å². The molecular formula is C17H22ClFN4O. The van der Waals surface area contributed by atoms with Gasteiger partial charge in [-0.1, -0.05) is 0 Å². The lowest BCUT2D eigenvalue weighted by molar-refractivity contribution is 0.0740. The van der Waals surface area contributed by atoms with E-state index in [-0.39, 0.29) is 24.4 Å². The van der Waals surface area contributed by atoms with Gasteiger partial charge in [0.1, 0.15) is 11.5 Å². The zero-order valence-corrected chi connectivity index (χ0v) is 14.6. The maximum absolute atomic E-state index is 14.5. The van der Waals surface area contributed by atoms with Gasteiger partial charge in [0.25, 0.3) is 5.91 Å². The third-order valence-corrected chi connectivity index (χ3v) is 4.34. The van der Waals surface area contributed by atoms with Gasteiger partial charge in [-0.3, -0.25) is 4.79 Å². The Hall–Kier alpha value is -1.92. The normalized spacial score (nSPS) is 17.0. The molecular weight excluding hydrogens is 331 g/mol. The first kappa shape index (κ1) is 18.4. The van der Waals surface area contributed by atoms with Crippen LogP contribution in [0.25, 0.3) is 5.69 Å². The first-order chi connectivity index (χ1) is 11.0. The van der Waals surface area contributed by atoms with E-state index in [1.165, 1.54) is 6.07 Å². The molecule has 0 bridgehead atoms. The van der Waals surface area contributed by atoms with Crippen LogP contribution in [0.3, 0.4) is 0 Å². The van der Waals surface area contributed by atoms with Gasteiger partial charge >= 0.3 is 0 Å². The maximum Gasteiger partial charge on any atom is 0.254 e. The minimum atomic E-state index is -0.453. The van der Waals surface area contributed by atoms with E-state index in [1.807, 2.05) is 19.9 Å². The van der Waals surface area contributed by atoms with Crippen molar-refractivity contribution in [2.75, 3.05) is 13.1 Å². The summed E-state index contributed by atoms with van der Waals surface area (Å²) in [5, 5.41) is 4.28. The van der Waals surface area contributed by atoms with Gasteiger partial charge < -0.3 is 10.6 Å². The van der Waals surface area contributed by atoms with Crippen LogP contribution in [0.2, 0.25) is 0 Å². The van der Waals surface area contributed by atoms with Crippen LogP contribution in [-0.4, -0.2) is 39.7 Å². The zero-order valence-electron chi connectivity index (χ0n) is 13.8. The van der Waals surface area contributed by atoms with Crippen molar-refractivity contribution in [3.05, 3.63) is 47.0 Å². The van der Waals surface area contributed by atoms with Gasteiger partial charge in [0.2, 0.25) is 0 Å². The molecule has 2 heterocycles. The molecule has 5 nitrogen and oxygen atoms in total. The van der Waals surface area contributed by atoms with E-state index in [2.05, 4.69) is 5.10 Å². The van der Waals surface area contributed by atoms with Gasteiger partial charge in [-0.2, -0.15) is 5.10 Å². The smallest absolute Gasteiger partial charge is 0.254 e. The van der Waals surface area contributed by atoms with Gasteiger partial charge in [0.05, 0.1) is 5.69 Å². The van der Waals surface area contributed by atoms with Crippen molar-refractivity contribution in [3.63, 3.8) is 0 Å². The Kier molecular flexibility index (Phi) is 5.62. The van der Waals surface area contributed by atoms with Gasteiger partial charge in [0.15, 0.2) is 0 Å². The van der Waals surface area contributed by atoms with Gasteiger partial charge in [-0.25, -0.2) is 9.07 Å². The van der Waals surface area contributed by atoms with Crippen molar-refractivity contribution >= 4 is 18.3 Å². The molecule has 1 unspecified atom stereocenters. The first-order valence-corrected chi connectivity index (χ1v) is 7.85. The standard InChI is InChI=1S/C17H21FN4O.ClH/c1-11-8-12(2)22(20-11)16-6-5-13(9-15(16)18)17(23)21-7-3-4-14(21)10-19;/h5-6,8-9,14H,3-4,7,10,19H2,1-2H3;1H. The van der Waals surface area contributed by atoms with Crippen molar-refractivity contribution in [2.45, 2.75) is 32.7 Å². The first-order valence-electron chi connectivity index (χ1n) is 7.85. The van der Waals surface area contributed by atoms with Crippen molar-refractivity contribution in [2.24, 2.45) is 5.73 Å². The van der Waals surface area contributed by atoms with Gasteiger partial charge in [0, 0.05) is 30.4 Å². The lowest BCUT2D eigenvalue weighted by Crippen LogP contribution is -2.39. The van der Waals surface area contributed by atoms with Crippen LogP contribution in [-0.2, 0) is 0 Å². The number of aromatic nitrogens is 2. The van der Waals surface area contributed by atoms with Crippen LogP contribution in [0.4, 0.5) is 4.39 Å². The molecule has 3 rings (SSSR count). The van der Waals surface area contributed by atoms with E-state index in [9.17, 15) is 9.18 Å². The molecule has 1 aliphatic heterocycles. The number of halogens is 2. The highest BCUT2D eigenvalue weighted by Crippen LogP contribution is 2.22. The summed E-state index contributed by atoms with van der Waals surface area (Å²) < 4.78 is 16.0. The molecule has 1 aromatic heterocycles. The summed E-state index contributed by atoms with van der Waals surface area (Å²) >= 11 is 0. The highest BCUT2D eigenvalue weighted by atomic mass is 35.5. The van der Waals surface area contributed by atoms with E-state index in [0.717, 1.165) is 24.2 Å². The molecule has 1 saturated heterocycles. The fraction of sp³-hybridized carbons (Fsp3) is 0.412. The quantitative estimate of drug-likeness (QED) is 0.923. The number of amides is 1. The van der Waals surface area contributed by atoms with Crippen LogP contribution in [0.1, 0.15) is 34.6 Å². The van der Waals surface area contributed by atoms with Gasteiger partial charge in [-0.15, -0.1) is 12.4 Å². The summed E-state index contributed by atoms with van der Waals surface area (Å²) in [7, 11) is 0. The number of hydrogen-bond donors (Lipinski definition) is 1. The molecule has 0 saturated carbocycles. The number of rotatable bonds is 3. The van der Waals surface area contributed by atoms with Crippen molar-refractivity contribution in [3.8, 4) is 5.69 Å². The molecule has 130 valence electrons. The molecule has 0 aliphatic carbocycles. The molecule has 1 amide bonds. The highest BCUT2D eigenvalue weighted by Gasteiger charge is 2.28. The summed E-state index contributed by atoms with van der Waals surface area (Å²) in [6, 6.07) is 6.49. The monoisotopic (exact) mass is 352 g/mol. The number of nitrogens with two attached hydrogens (primary N) is 1. The van der Waals surface area contributed by atoms with Crippen LogP contribution < -0.4 is 5.73 Å². The minimum Gasteiger partial charge on any atom is -0.334 e. The Morgan fingerprint density at radius 1 is 1.38 bits per heavy atom. The second-order valence-electron chi connectivity index (χ2n) is 6.04. The number of nitrogens with zero attached hydrogens (tertiary/aromatic N) is 3. The van der Waals surface area contributed by atoms with Crippen molar-refractivity contribution < 1.29 is 9.18 Å². The van der Waals surface area contributed by atoms with Crippen LogP contribution in [0.15, 0.2) is 24.3 Å². The van der Waals surface area contributed by atoms with Gasteiger partial charge in [-0.05, 0) is 51.0 Å². The lowest BCUT2D eigenvalue weighted by atomic mass is 10.1. The summed E-state index contributed by atoms with van der Waals surface area (Å²) in [5.74, 6) is -0.609. The Bertz CT molecular complexity index is 746. The molecule has 24 heavy (non-hydrogen) atoms.